The van der Waals surface area contributed by atoms with Crippen LogP contribution in [0, 0.1) is 0 Å². The topological polar surface area (TPSA) is 32.8 Å². The van der Waals surface area contributed by atoms with Gasteiger partial charge in [-0.05, 0) is 49.7 Å². The van der Waals surface area contributed by atoms with Crippen LogP contribution in [0.3, 0.4) is 0 Å². The van der Waals surface area contributed by atoms with Crippen LogP contribution in [0.25, 0.3) is 0 Å². The Labute approximate surface area is 139 Å². The molecular weight excluding hydrogens is 352 g/mol. The summed E-state index contributed by atoms with van der Waals surface area (Å²) in [6.07, 6.45) is -0.200. The molecule has 0 aliphatic carbocycles. The molecule has 0 N–H and O–H groups in total. The highest BCUT2D eigenvalue weighted by Gasteiger charge is 2.30. The SMILES string of the molecule is C[C@@H]1CN(Cc2cc(Br)cs2)CCN1C(=O)OC(C)(C)C. The third kappa shape index (κ3) is 4.97. The fraction of sp³-hybridized carbons (Fsp3) is 0.667. The van der Waals surface area contributed by atoms with Gasteiger partial charge in [-0.1, -0.05) is 0 Å². The lowest BCUT2D eigenvalue weighted by Crippen LogP contribution is -2.54. The fourth-order valence-electron chi connectivity index (χ4n) is 2.43. The largest absolute Gasteiger partial charge is 0.444 e. The minimum absolute atomic E-state index is 0.178. The monoisotopic (exact) mass is 374 g/mol. The summed E-state index contributed by atoms with van der Waals surface area (Å²) in [4.78, 5) is 17.8. The van der Waals surface area contributed by atoms with E-state index in [1.54, 1.807) is 11.3 Å². The van der Waals surface area contributed by atoms with Crippen LogP contribution in [0.1, 0.15) is 32.6 Å². The van der Waals surface area contributed by atoms with Crippen LogP contribution >= 0.6 is 27.3 Å². The molecular formula is C15H23BrN2O2S. The molecule has 0 saturated carbocycles. The summed E-state index contributed by atoms with van der Waals surface area (Å²) >= 11 is 5.25. The summed E-state index contributed by atoms with van der Waals surface area (Å²) in [6, 6.07) is 2.34. The lowest BCUT2D eigenvalue weighted by molar-refractivity contribution is 0.000668. The maximum Gasteiger partial charge on any atom is 0.410 e. The van der Waals surface area contributed by atoms with Gasteiger partial charge in [-0.25, -0.2) is 4.79 Å². The second kappa shape index (κ2) is 6.67. The van der Waals surface area contributed by atoms with Gasteiger partial charge in [0.2, 0.25) is 0 Å². The number of hydrogen-bond acceptors (Lipinski definition) is 4. The van der Waals surface area contributed by atoms with Crippen molar-refractivity contribution >= 4 is 33.4 Å². The van der Waals surface area contributed by atoms with Crippen LogP contribution in [-0.2, 0) is 11.3 Å². The van der Waals surface area contributed by atoms with Crippen molar-refractivity contribution in [3.05, 3.63) is 20.8 Å². The summed E-state index contributed by atoms with van der Waals surface area (Å²) in [5.74, 6) is 0. The van der Waals surface area contributed by atoms with Gasteiger partial charge in [0, 0.05) is 47.0 Å². The van der Waals surface area contributed by atoms with E-state index >= 15 is 0 Å². The third-order valence-electron chi connectivity index (χ3n) is 3.34. The van der Waals surface area contributed by atoms with Gasteiger partial charge < -0.3 is 9.64 Å². The smallest absolute Gasteiger partial charge is 0.410 e. The first-order valence-corrected chi connectivity index (χ1v) is 8.87. The Balaban J connectivity index is 1.88. The van der Waals surface area contributed by atoms with Gasteiger partial charge in [-0.15, -0.1) is 11.3 Å². The molecule has 1 aromatic heterocycles. The molecule has 0 spiro atoms. The average Bonchev–Trinajstić information content (AvgIpc) is 2.72. The molecule has 2 rings (SSSR count). The quantitative estimate of drug-likeness (QED) is 0.785. The molecule has 1 amide bonds. The van der Waals surface area contributed by atoms with E-state index in [9.17, 15) is 4.79 Å². The Morgan fingerprint density at radius 2 is 2.19 bits per heavy atom. The molecule has 1 aliphatic heterocycles. The normalized spacial score (nSPS) is 20.6. The molecule has 1 saturated heterocycles. The number of halogens is 1. The number of hydrogen-bond donors (Lipinski definition) is 0. The molecule has 1 aromatic rings. The molecule has 1 aliphatic rings. The molecule has 1 atom stereocenters. The molecule has 118 valence electrons. The first-order valence-electron chi connectivity index (χ1n) is 7.19. The van der Waals surface area contributed by atoms with E-state index < -0.39 is 5.60 Å². The summed E-state index contributed by atoms with van der Waals surface area (Å²) in [5.41, 5.74) is -0.433. The second-order valence-electron chi connectivity index (χ2n) is 6.49. The maximum absolute atomic E-state index is 12.2. The zero-order chi connectivity index (χ0) is 15.6. The van der Waals surface area contributed by atoms with Crippen molar-refractivity contribution in [3.8, 4) is 0 Å². The van der Waals surface area contributed by atoms with Crippen molar-refractivity contribution < 1.29 is 9.53 Å². The van der Waals surface area contributed by atoms with Gasteiger partial charge in [0.15, 0.2) is 0 Å². The Bertz CT molecular complexity index is 498. The number of piperazine rings is 1. The van der Waals surface area contributed by atoms with Crippen LogP contribution in [0.4, 0.5) is 4.79 Å². The number of nitrogens with zero attached hydrogens (tertiary/aromatic N) is 2. The molecule has 6 heteroatoms. The van der Waals surface area contributed by atoms with E-state index in [1.165, 1.54) is 4.88 Å². The number of carbonyl (C=O) groups is 1. The highest BCUT2D eigenvalue weighted by Crippen LogP contribution is 2.23. The Kier molecular flexibility index (Phi) is 5.33. The minimum atomic E-state index is -0.433. The van der Waals surface area contributed by atoms with Crippen molar-refractivity contribution in [1.29, 1.82) is 0 Å². The van der Waals surface area contributed by atoms with Gasteiger partial charge in [0.05, 0.1) is 0 Å². The summed E-state index contributed by atoms with van der Waals surface area (Å²) < 4.78 is 6.61. The summed E-state index contributed by atoms with van der Waals surface area (Å²) in [5, 5.41) is 2.11. The van der Waals surface area contributed by atoms with Crippen molar-refractivity contribution in [2.24, 2.45) is 0 Å². The Hall–Kier alpha value is -0.590. The predicted octanol–water partition coefficient (Wildman–Crippen LogP) is 3.95. The Morgan fingerprint density at radius 3 is 2.71 bits per heavy atom. The zero-order valence-corrected chi connectivity index (χ0v) is 15.5. The van der Waals surface area contributed by atoms with Gasteiger partial charge >= 0.3 is 6.09 Å². The Morgan fingerprint density at radius 1 is 1.48 bits per heavy atom. The predicted molar refractivity (Wildman–Crippen MR) is 89.7 cm³/mol. The lowest BCUT2D eigenvalue weighted by atomic mass is 10.2. The lowest BCUT2D eigenvalue weighted by Gasteiger charge is -2.40. The number of thiophene rings is 1. The minimum Gasteiger partial charge on any atom is -0.444 e. The van der Waals surface area contributed by atoms with E-state index in [0.29, 0.717) is 0 Å². The van der Waals surface area contributed by atoms with Gasteiger partial charge in [-0.2, -0.15) is 0 Å². The van der Waals surface area contributed by atoms with Crippen LogP contribution in [-0.4, -0.2) is 47.2 Å². The van der Waals surface area contributed by atoms with Crippen molar-refractivity contribution in [2.45, 2.75) is 45.9 Å². The van der Waals surface area contributed by atoms with Gasteiger partial charge in [0.1, 0.15) is 5.60 Å². The summed E-state index contributed by atoms with van der Waals surface area (Å²) in [7, 11) is 0. The first-order chi connectivity index (χ1) is 9.74. The maximum atomic E-state index is 12.2. The van der Waals surface area contributed by atoms with E-state index in [2.05, 4.69) is 39.2 Å². The molecule has 0 radical (unpaired) electrons. The highest BCUT2D eigenvalue weighted by molar-refractivity contribution is 9.10. The number of carbonyl (C=O) groups excluding carboxylic acids is 1. The fourth-order valence-corrected chi connectivity index (χ4v) is 3.92. The molecule has 0 bridgehead atoms. The summed E-state index contributed by atoms with van der Waals surface area (Å²) in [6.45, 7) is 11.2. The van der Waals surface area contributed by atoms with E-state index in [1.807, 2.05) is 25.7 Å². The molecule has 4 nitrogen and oxygen atoms in total. The molecule has 0 aromatic carbocycles. The highest BCUT2D eigenvalue weighted by atomic mass is 79.9. The second-order valence-corrected chi connectivity index (χ2v) is 8.40. The number of ether oxygens (including phenoxy) is 1. The van der Waals surface area contributed by atoms with Gasteiger partial charge in [0.25, 0.3) is 0 Å². The molecule has 2 heterocycles. The van der Waals surface area contributed by atoms with Crippen LogP contribution in [0.2, 0.25) is 0 Å². The average molecular weight is 375 g/mol. The molecule has 0 unspecified atom stereocenters. The molecule has 1 fully saturated rings. The standard InChI is InChI=1S/C15H23BrN2O2S/c1-11-8-17(9-13-7-12(16)10-21-13)5-6-18(11)14(19)20-15(2,3)4/h7,10-11H,5-6,8-9H2,1-4H3/t11-/m1/s1. The first kappa shape index (κ1) is 16.8. The van der Waals surface area contributed by atoms with Gasteiger partial charge in [-0.3, -0.25) is 4.90 Å². The number of amides is 1. The number of rotatable bonds is 2. The van der Waals surface area contributed by atoms with Crippen molar-refractivity contribution in [3.63, 3.8) is 0 Å². The zero-order valence-electron chi connectivity index (χ0n) is 13.1. The van der Waals surface area contributed by atoms with Crippen LogP contribution < -0.4 is 0 Å². The van der Waals surface area contributed by atoms with Crippen molar-refractivity contribution in [1.82, 2.24) is 9.80 Å². The van der Waals surface area contributed by atoms with E-state index in [0.717, 1.165) is 30.7 Å². The van der Waals surface area contributed by atoms with E-state index in [-0.39, 0.29) is 12.1 Å². The van der Waals surface area contributed by atoms with Crippen molar-refractivity contribution in [2.75, 3.05) is 19.6 Å². The van der Waals surface area contributed by atoms with Crippen LogP contribution in [0.5, 0.6) is 0 Å². The molecule has 21 heavy (non-hydrogen) atoms. The third-order valence-corrected chi connectivity index (χ3v) is 5.02. The van der Waals surface area contributed by atoms with Crippen LogP contribution in [0.15, 0.2) is 15.9 Å². The van der Waals surface area contributed by atoms with E-state index in [4.69, 9.17) is 4.74 Å².